The number of aromatic nitrogens is 3. The quantitative estimate of drug-likeness (QED) is 0.529. The van der Waals surface area contributed by atoms with Crippen LogP contribution in [0.2, 0.25) is 0 Å². The average Bonchev–Trinajstić information content (AvgIpc) is 3.44. The van der Waals surface area contributed by atoms with Crippen LogP contribution < -0.4 is 10.1 Å². The number of amides is 3. The molecule has 0 bridgehead atoms. The van der Waals surface area contributed by atoms with Crippen LogP contribution in [0.5, 0.6) is 5.75 Å². The summed E-state index contributed by atoms with van der Waals surface area (Å²) in [6.45, 7) is 6.92. The number of ether oxygens (including phenoxy) is 1. The predicted molar refractivity (Wildman–Crippen MR) is 128 cm³/mol. The third-order valence-corrected chi connectivity index (χ3v) is 6.56. The summed E-state index contributed by atoms with van der Waals surface area (Å²) < 4.78 is 7.29. The summed E-state index contributed by atoms with van der Waals surface area (Å²) >= 11 is 1.30. The van der Waals surface area contributed by atoms with Gasteiger partial charge in [-0.15, -0.1) is 10.2 Å². The number of para-hydroxylation sites is 1. The number of carbonyl (C=O) groups is 2. The predicted octanol–water partition coefficient (Wildman–Crippen LogP) is 4.10. The van der Waals surface area contributed by atoms with Gasteiger partial charge in [0.15, 0.2) is 11.0 Å². The summed E-state index contributed by atoms with van der Waals surface area (Å²) in [5.74, 6) is 1.46. The molecule has 3 aromatic rings. The number of thioether (sulfide) groups is 1. The molecular formula is C24H27N5O3S. The summed E-state index contributed by atoms with van der Waals surface area (Å²) in [5, 5.41) is 11.7. The fourth-order valence-corrected chi connectivity index (χ4v) is 4.70. The Morgan fingerprint density at radius 3 is 2.45 bits per heavy atom. The molecule has 1 saturated heterocycles. The van der Waals surface area contributed by atoms with Crippen LogP contribution in [-0.4, -0.2) is 57.1 Å². The number of methoxy groups -OCH3 is 1. The fraction of sp³-hybridized carbons (Fsp3) is 0.333. The lowest BCUT2D eigenvalue weighted by molar-refractivity contribution is -0.126. The second kappa shape index (κ2) is 9.66. The number of rotatable bonds is 7. The van der Waals surface area contributed by atoms with Crippen molar-refractivity contribution in [3.8, 4) is 22.8 Å². The van der Waals surface area contributed by atoms with Crippen LogP contribution in [-0.2, 0) is 4.79 Å². The average molecular weight is 466 g/mol. The maximum absolute atomic E-state index is 12.9. The minimum Gasteiger partial charge on any atom is -0.497 e. The standard InChI is InChI=1S/C24H27N5O3S/c1-15(2)19-7-5-6-8-20(19)29-21(17-9-11-18(32-4)12-10-17)26-27-24(29)33-16(3)22(30)28-14-13-25-23(28)31/h5-12,15-16H,13-14H2,1-4H3,(H,25,31). The van der Waals surface area contributed by atoms with Crippen LogP contribution >= 0.6 is 11.8 Å². The number of nitrogens with zero attached hydrogens (tertiary/aromatic N) is 4. The Balaban J connectivity index is 1.77. The van der Waals surface area contributed by atoms with Gasteiger partial charge in [0.1, 0.15) is 5.75 Å². The van der Waals surface area contributed by atoms with E-state index in [-0.39, 0.29) is 17.9 Å². The molecule has 1 atom stereocenters. The van der Waals surface area contributed by atoms with Crippen molar-refractivity contribution in [2.24, 2.45) is 0 Å². The Labute approximate surface area is 197 Å². The van der Waals surface area contributed by atoms with Crippen LogP contribution in [0.4, 0.5) is 4.79 Å². The van der Waals surface area contributed by atoms with E-state index in [1.54, 1.807) is 14.0 Å². The van der Waals surface area contributed by atoms with E-state index in [0.29, 0.717) is 24.1 Å². The summed E-state index contributed by atoms with van der Waals surface area (Å²) in [6, 6.07) is 15.4. The number of benzene rings is 2. The van der Waals surface area contributed by atoms with E-state index in [1.807, 2.05) is 47.0 Å². The first-order chi connectivity index (χ1) is 15.9. The molecule has 0 spiro atoms. The zero-order valence-corrected chi connectivity index (χ0v) is 19.9. The molecule has 1 fully saturated rings. The van der Waals surface area contributed by atoms with Crippen LogP contribution in [0.1, 0.15) is 32.3 Å². The number of hydrogen-bond acceptors (Lipinski definition) is 6. The van der Waals surface area contributed by atoms with Crippen LogP contribution in [0, 0.1) is 0 Å². The summed E-state index contributed by atoms with van der Waals surface area (Å²) in [4.78, 5) is 26.1. The molecule has 4 rings (SSSR count). The first-order valence-electron chi connectivity index (χ1n) is 10.9. The van der Waals surface area contributed by atoms with E-state index >= 15 is 0 Å². The van der Waals surface area contributed by atoms with Gasteiger partial charge in [0.25, 0.3) is 0 Å². The molecule has 1 aliphatic heterocycles. The summed E-state index contributed by atoms with van der Waals surface area (Å²) in [5.41, 5.74) is 2.99. The van der Waals surface area contributed by atoms with Crippen LogP contribution in [0.3, 0.4) is 0 Å². The van der Waals surface area contributed by atoms with Crippen molar-refractivity contribution in [3.05, 3.63) is 54.1 Å². The molecule has 0 aliphatic carbocycles. The lowest BCUT2D eigenvalue weighted by atomic mass is 10.0. The number of hydrogen-bond donors (Lipinski definition) is 1. The van der Waals surface area contributed by atoms with Crippen molar-refractivity contribution in [2.45, 2.75) is 37.1 Å². The minimum absolute atomic E-state index is 0.243. The van der Waals surface area contributed by atoms with Crippen molar-refractivity contribution < 1.29 is 14.3 Å². The number of urea groups is 1. The molecule has 9 heteroatoms. The Bertz CT molecular complexity index is 1160. The van der Waals surface area contributed by atoms with Gasteiger partial charge in [-0.2, -0.15) is 0 Å². The lowest BCUT2D eigenvalue weighted by Gasteiger charge is -2.19. The van der Waals surface area contributed by atoms with Crippen LogP contribution in [0.25, 0.3) is 17.1 Å². The highest BCUT2D eigenvalue weighted by Crippen LogP contribution is 2.34. The maximum Gasteiger partial charge on any atom is 0.324 e. The van der Waals surface area contributed by atoms with Gasteiger partial charge in [-0.3, -0.25) is 14.3 Å². The third kappa shape index (κ3) is 4.59. The van der Waals surface area contributed by atoms with E-state index in [0.717, 1.165) is 22.6 Å². The van der Waals surface area contributed by atoms with E-state index in [4.69, 9.17) is 4.74 Å². The van der Waals surface area contributed by atoms with Gasteiger partial charge >= 0.3 is 6.03 Å². The van der Waals surface area contributed by atoms with Crippen molar-refractivity contribution in [1.29, 1.82) is 0 Å². The fourth-order valence-electron chi connectivity index (χ4n) is 3.78. The monoisotopic (exact) mass is 465 g/mol. The second-order valence-corrected chi connectivity index (χ2v) is 9.37. The molecule has 1 aromatic heterocycles. The van der Waals surface area contributed by atoms with Crippen molar-refractivity contribution in [1.82, 2.24) is 25.0 Å². The molecule has 1 unspecified atom stereocenters. The van der Waals surface area contributed by atoms with E-state index in [9.17, 15) is 9.59 Å². The zero-order chi connectivity index (χ0) is 23.5. The van der Waals surface area contributed by atoms with Gasteiger partial charge in [0, 0.05) is 18.7 Å². The summed E-state index contributed by atoms with van der Waals surface area (Å²) in [7, 11) is 1.63. The van der Waals surface area contributed by atoms with Crippen LogP contribution in [0.15, 0.2) is 53.7 Å². The van der Waals surface area contributed by atoms with Crippen molar-refractivity contribution in [2.75, 3.05) is 20.2 Å². The SMILES string of the molecule is COc1ccc(-c2nnc(SC(C)C(=O)N3CCNC3=O)n2-c2ccccc2C(C)C)cc1. The zero-order valence-electron chi connectivity index (χ0n) is 19.1. The molecule has 172 valence electrons. The van der Waals surface area contributed by atoms with Gasteiger partial charge in [-0.05, 0) is 48.7 Å². The van der Waals surface area contributed by atoms with E-state index in [1.165, 1.54) is 16.7 Å². The third-order valence-electron chi connectivity index (χ3n) is 5.53. The van der Waals surface area contributed by atoms with Crippen molar-refractivity contribution >= 4 is 23.7 Å². The number of carbonyl (C=O) groups excluding carboxylic acids is 2. The largest absolute Gasteiger partial charge is 0.497 e. The molecule has 33 heavy (non-hydrogen) atoms. The highest BCUT2D eigenvalue weighted by Gasteiger charge is 2.31. The molecule has 0 saturated carbocycles. The smallest absolute Gasteiger partial charge is 0.324 e. The van der Waals surface area contributed by atoms with E-state index in [2.05, 4.69) is 35.4 Å². The normalized spacial score (nSPS) is 14.5. The molecule has 2 aromatic carbocycles. The van der Waals surface area contributed by atoms with Gasteiger partial charge in [-0.1, -0.05) is 43.8 Å². The van der Waals surface area contributed by atoms with Crippen molar-refractivity contribution in [3.63, 3.8) is 0 Å². The highest BCUT2D eigenvalue weighted by molar-refractivity contribution is 8.00. The second-order valence-electron chi connectivity index (χ2n) is 8.07. The minimum atomic E-state index is -0.508. The first-order valence-corrected chi connectivity index (χ1v) is 11.7. The Morgan fingerprint density at radius 2 is 1.82 bits per heavy atom. The van der Waals surface area contributed by atoms with Gasteiger partial charge in [0.05, 0.1) is 18.0 Å². The molecule has 3 amide bonds. The Kier molecular flexibility index (Phi) is 6.69. The highest BCUT2D eigenvalue weighted by atomic mass is 32.2. The molecular weight excluding hydrogens is 438 g/mol. The lowest BCUT2D eigenvalue weighted by Crippen LogP contribution is -2.39. The van der Waals surface area contributed by atoms with Gasteiger partial charge in [0.2, 0.25) is 5.91 Å². The molecule has 8 nitrogen and oxygen atoms in total. The molecule has 1 aliphatic rings. The molecule has 0 radical (unpaired) electrons. The van der Waals surface area contributed by atoms with Gasteiger partial charge < -0.3 is 10.1 Å². The first kappa shape index (κ1) is 22.8. The van der Waals surface area contributed by atoms with E-state index < -0.39 is 5.25 Å². The number of nitrogens with one attached hydrogen (secondary N) is 1. The Morgan fingerprint density at radius 1 is 1.09 bits per heavy atom. The Hall–Kier alpha value is -3.33. The topological polar surface area (TPSA) is 89.4 Å². The molecule has 2 heterocycles. The number of imide groups is 1. The van der Waals surface area contributed by atoms with Gasteiger partial charge in [-0.25, -0.2) is 4.79 Å². The molecule has 1 N–H and O–H groups in total. The maximum atomic E-state index is 12.9. The summed E-state index contributed by atoms with van der Waals surface area (Å²) in [6.07, 6.45) is 0.